The fraction of sp³-hybridized carbons (Fsp3) is 0.615. The van der Waals surface area contributed by atoms with Gasteiger partial charge in [-0.15, -0.1) is 0 Å². The summed E-state index contributed by atoms with van der Waals surface area (Å²) in [4.78, 5) is 4.50. The van der Waals surface area contributed by atoms with Gasteiger partial charge in [-0.1, -0.05) is 13.0 Å². The Labute approximate surface area is 91.9 Å². The van der Waals surface area contributed by atoms with E-state index in [1.165, 1.54) is 30.5 Å². The summed E-state index contributed by atoms with van der Waals surface area (Å²) in [6, 6.07) is 4.80. The fourth-order valence-electron chi connectivity index (χ4n) is 2.38. The van der Waals surface area contributed by atoms with Crippen molar-refractivity contribution >= 4 is 0 Å². The van der Waals surface area contributed by atoms with E-state index >= 15 is 0 Å². The Morgan fingerprint density at radius 2 is 2.27 bits per heavy atom. The molecular weight excluding hydrogens is 184 g/mol. The zero-order valence-electron chi connectivity index (χ0n) is 9.45. The minimum absolute atomic E-state index is 0.435. The monoisotopic (exact) mass is 204 g/mol. The first kappa shape index (κ1) is 10.6. The van der Waals surface area contributed by atoms with Crippen LogP contribution in [0.2, 0.25) is 0 Å². The molecule has 1 saturated carbocycles. The van der Waals surface area contributed by atoms with E-state index in [1.54, 1.807) is 0 Å². The molecule has 1 fully saturated rings. The van der Waals surface area contributed by atoms with Crippen LogP contribution in [0.15, 0.2) is 18.3 Å². The molecule has 82 valence electrons. The molecule has 1 heterocycles. The minimum atomic E-state index is 0.435. The normalized spacial score (nSPS) is 25.7. The molecule has 1 aromatic rings. The van der Waals surface area contributed by atoms with Gasteiger partial charge in [-0.2, -0.15) is 0 Å². The van der Waals surface area contributed by atoms with Crippen molar-refractivity contribution in [2.45, 2.75) is 45.1 Å². The predicted octanol–water partition coefficient (Wildman–Crippen LogP) is 2.31. The molecule has 1 aliphatic carbocycles. The third-order valence-electron chi connectivity index (χ3n) is 3.37. The number of hydrogen-bond donors (Lipinski definition) is 1. The van der Waals surface area contributed by atoms with E-state index in [1.807, 2.05) is 6.20 Å². The maximum atomic E-state index is 5.90. The highest BCUT2D eigenvalue weighted by Gasteiger charge is 2.21. The van der Waals surface area contributed by atoms with Gasteiger partial charge < -0.3 is 5.73 Å². The lowest BCUT2D eigenvalue weighted by molar-refractivity contribution is 0.528. The maximum Gasteiger partial charge on any atom is 0.0406 e. The van der Waals surface area contributed by atoms with Gasteiger partial charge in [-0.3, -0.25) is 4.98 Å². The summed E-state index contributed by atoms with van der Waals surface area (Å²) in [5, 5.41) is 0. The van der Waals surface area contributed by atoms with Gasteiger partial charge in [0.25, 0.3) is 0 Å². The molecular formula is C13H20N2. The highest BCUT2D eigenvalue weighted by molar-refractivity contribution is 5.14. The van der Waals surface area contributed by atoms with Gasteiger partial charge in [0.05, 0.1) is 0 Å². The number of pyridine rings is 1. The van der Waals surface area contributed by atoms with Crippen LogP contribution in [0.3, 0.4) is 0 Å². The number of nitrogens with zero attached hydrogens (tertiary/aromatic N) is 1. The van der Waals surface area contributed by atoms with Crippen LogP contribution in [0.1, 0.15) is 37.4 Å². The van der Waals surface area contributed by atoms with Crippen molar-refractivity contribution in [3.05, 3.63) is 29.6 Å². The molecule has 2 heteroatoms. The SMILES string of the molecule is CCc1ccc(CC2CCC(N)C2)nc1. The second-order valence-corrected chi connectivity index (χ2v) is 4.65. The molecule has 0 bridgehead atoms. The highest BCUT2D eigenvalue weighted by Crippen LogP contribution is 2.26. The van der Waals surface area contributed by atoms with Gasteiger partial charge >= 0.3 is 0 Å². The van der Waals surface area contributed by atoms with E-state index in [-0.39, 0.29) is 0 Å². The summed E-state index contributed by atoms with van der Waals surface area (Å²) >= 11 is 0. The molecule has 0 saturated heterocycles. The van der Waals surface area contributed by atoms with Gasteiger partial charge in [-0.25, -0.2) is 0 Å². The number of aromatic nitrogens is 1. The number of nitrogens with two attached hydrogens (primary N) is 1. The second-order valence-electron chi connectivity index (χ2n) is 4.65. The van der Waals surface area contributed by atoms with Crippen molar-refractivity contribution in [2.24, 2.45) is 11.7 Å². The van der Waals surface area contributed by atoms with Crippen LogP contribution in [0.5, 0.6) is 0 Å². The molecule has 15 heavy (non-hydrogen) atoms. The lowest BCUT2D eigenvalue weighted by atomic mass is 10.0. The highest BCUT2D eigenvalue weighted by atomic mass is 14.7. The Hall–Kier alpha value is -0.890. The van der Waals surface area contributed by atoms with E-state index in [2.05, 4.69) is 24.0 Å². The molecule has 2 N–H and O–H groups in total. The van der Waals surface area contributed by atoms with Crippen LogP contribution < -0.4 is 5.73 Å². The summed E-state index contributed by atoms with van der Waals surface area (Å²) in [6.45, 7) is 2.16. The number of rotatable bonds is 3. The van der Waals surface area contributed by atoms with Crippen LogP contribution in [-0.2, 0) is 12.8 Å². The van der Waals surface area contributed by atoms with E-state index in [0.717, 1.165) is 18.8 Å². The van der Waals surface area contributed by atoms with E-state index in [9.17, 15) is 0 Å². The van der Waals surface area contributed by atoms with Crippen molar-refractivity contribution in [1.82, 2.24) is 4.98 Å². The van der Waals surface area contributed by atoms with Crippen molar-refractivity contribution < 1.29 is 0 Å². The van der Waals surface area contributed by atoms with Gasteiger partial charge in [0.2, 0.25) is 0 Å². The largest absolute Gasteiger partial charge is 0.328 e. The molecule has 0 radical (unpaired) electrons. The molecule has 2 unspecified atom stereocenters. The Morgan fingerprint density at radius 1 is 1.40 bits per heavy atom. The smallest absolute Gasteiger partial charge is 0.0406 e. The van der Waals surface area contributed by atoms with Gasteiger partial charge in [0.1, 0.15) is 0 Å². The third kappa shape index (κ3) is 2.78. The topological polar surface area (TPSA) is 38.9 Å². The Balaban J connectivity index is 1.93. The third-order valence-corrected chi connectivity index (χ3v) is 3.37. The van der Waals surface area contributed by atoms with Gasteiger partial charge in [0, 0.05) is 17.9 Å². The summed E-state index contributed by atoms with van der Waals surface area (Å²) in [5.41, 5.74) is 8.45. The second kappa shape index (κ2) is 4.75. The van der Waals surface area contributed by atoms with E-state index < -0.39 is 0 Å². The summed E-state index contributed by atoms with van der Waals surface area (Å²) < 4.78 is 0. The van der Waals surface area contributed by atoms with E-state index in [4.69, 9.17) is 5.73 Å². The minimum Gasteiger partial charge on any atom is -0.328 e. The first-order chi connectivity index (χ1) is 7.28. The maximum absolute atomic E-state index is 5.90. The molecule has 0 amide bonds. The molecule has 0 aromatic carbocycles. The van der Waals surface area contributed by atoms with Crippen molar-refractivity contribution in [2.75, 3.05) is 0 Å². The average molecular weight is 204 g/mol. The molecule has 0 spiro atoms. The van der Waals surface area contributed by atoms with Gasteiger partial charge in [0.15, 0.2) is 0 Å². The fourth-order valence-corrected chi connectivity index (χ4v) is 2.38. The standard InChI is InChI=1S/C13H20N2/c1-2-10-4-6-13(15-9-10)8-11-3-5-12(14)7-11/h4,6,9,11-12H,2-3,5,7-8,14H2,1H3. The lowest BCUT2D eigenvalue weighted by Gasteiger charge is -2.08. The van der Waals surface area contributed by atoms with Crippen molar-refractivity contribution in [3.8, 4) is 0 Å². The molecule has 2 rings (SSSR count). The number of aryl methyl sites for hydroxylation is 1. The van der Waals surface area contributed by atoms with Gasteiger partial charge in [-0.05, 0) is 49.7 Å². The lowest BCUT2D eigenvalue weighted by Crippen LogP contribution is -2.15. The first-order valence-electron chi connectivity index (χ1n) is 5.97. The van der Waals surface area contributed by atoms with Crippen LogP contribution in [0.4, 0.5) is 0 Å². The van der Waals surface area contributed by atoms with E-state index in [0.29, 0.717) is 6.04 Å². The van der Waals surface area contributed by atoms with Crippen LogP contribution in [0, 0.1) is 5.92 Å². The van der Waals surface area contributed by atoms with Crippen molar-refractivity contribution in [1.29, 1.82) is 0 Å². The number of hydrogen-bond acceptors (Lipinski definition) is 2. The molecule has 1 aromatic heterocycles. The molecule has 0 aliphatic heterocycles. The summed E-state index contributed by atoms with van der Waals surface area (Å²) in [7, 11) is 0. The zero-order valence-corrected chi connectivity index (χ0v) is 9.45. The molecule has 2 atom stereocenters. The van der Waals surface area contributed by atoms with Crippen LogP contribution in [-0.4, -0.2) is 11.0 Å². The predicted molar refractivity (Wildman–Crippen MR) is 62.6 cm³/mol. The zero-order chi connectivity index (χ0) is 10.7. The van der Waals surface area contributed by atoms with Crippen LogP contribution >= 0.6 is 0 Å². The summed E-state index contributed by atoms with van der Waals surface area (Å²) in [5.74, 6) is 0.764. The van der Waals surface area contributed by atoms with Crippen molar-refractivity contribution in [3.63, 3.8) is 0 Å². The Bertz CT molecular complexity index is 305. The first-order valence-corrected chi connectivity index (χ1v) is 5.97. The molecule has 1 aliphatic rings. The Kier molecular flexibility index (Phi) is 3.37. The Morgan fingerprint density at radius 3 is 2.80 bits per heavy atom. The summed E-state index contributed by atoms with van der Waals surface area (Å²) in [6.07, 6.45) is 7.83. The average Bonchev–Trinajstić information content (AvgIpc) is 2.65. The molecule has 2 nitrogen and oxygen atoms in total. The quantitative estimate of drug-likeness (QED) is 0.820. The van der Waals surface area contributed by atoms with Crippen LogP contribution in [0.25, 0.3) is 0 Å².